The van der Waals surface area contributed by atoms with Gasteiger partial charge >= 0.3 is 0 Å². The minimum absolute atomic E-state index is 0.816. The van der Waals surface area contributed by atoms with Crippen molar-refractivity contribution >= 4 is 5.57 Å². The standard InChI is InChI=1S/C16H16/c1-2-5-11(6-3-1)15-9-12-10-16(15)14-8-4-7-13(12)14/h1-6,8-9,12-14,16H,7,10H2/t12-,13-,14-,16+/m0/s1. The van der Waals surface area contributed by atoms with E-state index in [1.165, 1.54) is 18.4 Å². The molecule has 2 bridgehead atoms. The molecule has 0 aromatic heterocycles. The van der Waals surface area contributed by atoms with E-state index in [0.717, 1.165) is 23.7 Å². The van der Waals surface area contributed by atoms with Crippen LogP contribution in [0.15, 0.2) is 48.6 Å². The van der Waals surface area contributed by atoms with Gasteiger partial charge in [0.2, 0.25) is 0 Å². The second kappa shape index (κ2) is 3.10. The maximum atomic E-state index is 2.56. The second-order valence-electron chi connectivity index (χ2n) is 5.40. The lowest BCUT2D eigenvalue weighted by molar-refractivity contribution is 0.403. The highest BCUT2D eigenvalue weighted by molar-refractivity contribution is 5.71. The zero-order chi connectivity index (χ0) is 10.5. The van der Waals surface area contributed by atoms with Crippen LogP contribution in [0, 0.1) is 23.7 Å². The van der Waals surface area contributed by atoms with E-state index in [2.05, 4.69) is 48.6 Å². The van der Waals surface area contributed by atoms with Gasteiger partial charge in [0.05, 0.1) is 0 Å². The topological polar surface area (TPSA) is 0 Å². The summed E-state index contributed by atoms with van der Waals surface area (Å²) < 4.78 is 0. The smallest absolute Gasteiger partial charge is 0.00874 e. The molecule has 0 heteroatoms. The van der Waals surface area contributed by atoms with Gasteiger partial charge in [-0.25, -0.2) is 0 Å². The number of allylic oxidation sites excluding steroid dienone is 4. The Labute approximate surface area is 96.7 Å². The van der Waals surface area contributed by atoms with Gasteiger partial charge in [-0.2, -0.15) is 0 Å². The molecule has 0 aliphatic heterocycles. The maximum Gasteiger partial charge on any atom is -0.00874 e. The molecule has 0 nitrogen and oxygen atoms in total. The molecule has 1 saturated carbocycles. The molecule has 1 aromatic rings. The van der Waals surface area contributed by atoms with Gasteiger partial charge in [0.1, 0.15) is 0 Å². The lowest BCUT2D eigenvalue weighted by Crippen LogP contribution is -2.15. The largest absolute Gasteiger partial charge is 0.0879 e. The van der Waals surface area contributed by atoms with Crippen LogP contribution in [0.2, 0.25) is 0 Å². The van der Waals surface area contributed by atoms with E-state index in [0.29, 0.717) is 0 Å². The van der Waals surface area contributed by atoms with Crippen molar-refractivity contribution in [1.82, 2.24) is 0 Å². The molecule has 0 spiro atoms. The zero-order valence-electron chi connectivity index (χ0n) is 9.34. The Bertz CT molecular complexity index is 466. The van der Waals surface area contributed by atoms with Crippen molar-refractivity contribution in [2.45, 2.75) is 12.8 Å². The van der Waals surface area contributed by atoms with Crippen molar-refractivity contribution < 1.29 is 0 Å². The highest BCUT2D eigenvalue weighted by Gasteiger charge is 2.48. The van der Waals surface area contributed by atoms with Gasteiger partial charge in [-0.3, -0.25) is 0 Å². The van der Waals surface area contributed by atoms with E-state index in [1.807, 2.05) is 0 Å². The van der Waals surface area contributed by atoms with Crippen molar-refractivity contribution in [2.75, 3.05) is 0 Å². The van der Waals surface area contributed by atoms with Crippen molar-refractivity contribution in [2.24, 2.45) is 23.7 Å². The number of hydrogen-bond donors (Lipinski definition) is 0. The van der Waals surface area contributed by atoms with Crippen LogP contribution in [-0.4, -0.2) is 0 Å². The van der Waals surface area contributed by atoms with Gasteiger partial charge in [0.15, 0.2) is 0 Å². The highest BCUT2D eigenvalue weighted by atomic mass is 14.5. The third-order valence-corrected chi connectivity index (χ3v) is 4.70. The summed E-state index contributed by atoms with van der Waals surface area (Å²) in [6.07, 6.45) is 10.2. The van der Waals surface area contributed by atoms with Gasteiger partial charge in [0.25, 0.3) is 0 Å². The predicted molar refractivity (Wildman–Crippen MR) is 66.8 cm³/mol. The Morgan fingerprint density at radius 2 is 1.94 bits per heavy atom. The predicted octanol–water partition coefficient (Wildman–Crippen LogP) is 3.91. The minimum Gasteiger partial charge on any atom is -0.0879 e. The monoisotopic (exact) mass is 208 g/mol. The van der Waals surface area contributed by atoms with Gasteiger partial charge in [0, 0.05) is 0 Å². The van der Waals surface area contributed by atoms with E-state index in [-0.39, 0.29) is 0 Å². The minimum atomic E-state index is 0.816. The summed E-state index contributed by atoms with van der Waals surface area (Å²) in [7, 11) is 0. The molecule has 4 atom stereocenters. The maximum absolute atomic E-state index is 2.56. The zero-order valence-corrected chi connectivity index (χ0v) is 9.34. The van der Waals surface area contributed by atoms with Crippen molar-refractivity contribution in [1.29, 1.82) is 0 Å². The lowest BCUT2D eigenvalue weighted by Gasteiger charge is -2.25. The number of benzene rings is 1. The quantitative estimate of drug-likeness (QED) is 0.614. The third kappa shape index (κ3) is 1.05. The van der Waals surface area contributed by atoms with Crippen LogP contribution in [0.5, 0.6) is 0 Å². The number of fused-ring (bicyclic) bond motifs is 5. The van der Waals surface area contributed by atoms with Crippen molar-refractivity contribution in [3.05, 3.63) is 54.1 Å². The third-order valence-electron chi connectivity index (χ3n) is 4.70. The van der Waals surface area contributed by atoms with Crippen LogP contribution in [0.4, 0.5) is 0 Å². The summed E-state index contributed by atoms with van der Waals surface area (Å²) in [5.41, 5.74) is 3.08. The van der Waals surface area contributed by atoms with E-state index in [9.17, 15) is 0 Å². The average Bonchev–Trinajstić information content (AvgIpc) is 3.02. The first-order valence-corrected chi connectivity index (χ1v) is 6.37. The van der Waals surface area contributed by atoms with Crippen molar-refractivity contribution in [3.63, 3.8) is 0 Å². The molecule has 16 heavy (non-hydrogen) atoms. The molecule has 0 heterocycles. The summed E-state index contributed by atoms with van der Waals surface area (Å²) in [5, 5.41) is 0. The molecular formula is C16H16. The summed E-state index contributed by atoms with van der Waals surface area (Å²) in [6.45, 7) is 0. The van der Waals surface area contributed by atoms with E-state index in [1.54, 1.807) is 5.57 Å². The summed E-state index contributed by atoms with van der Waals surface area (Å²) in [4.78, 5) is 0. The molecule has 4 rings (SSSR count). The second-order valence-corrected chi connectivity index (χ2v) is 5.40. The summed E-state index contributed by atoms with van der Waals surface area (Å²) in [6, 6.07) is 10.9. The first kappa shape index (κ1) is 8.81. The lowest BCUT2D eigenvalue weighted by atomic mass is 9.79. The van der Waals surface area contributed by atoms with Gasteiger partial charge in [-0.05, 0) is 47.6 Å². The highest BCUT2D eigenvalue weighted by Crippen LogP contribution is 2.58. The van der Waals surface area contributed by atoms with E-state index >= 15 is 0 Å². The van der Waals surface area contributed by atoms with Gasteiger partial charge in [-0.15, -0.1) is 0 Å². The fourth-order valence-corrected chi connectivity index (χ4v) is 4.03. The summed E-state index contributed by atoms with van der Waals surface area (Å²) >= 11 is 0. The molecule has 0 radical (unpaired) electrons. The van der Waals surface area contributed by atoms with Crippen LogP contribution in [0.1, 0.15) is 18.4 Å². The number of rotatable bonds is 1. The Morgan fingerprint density at radius 1 is 1.06 bits per heavy atom. The fraction of sp³-hybridized carbons (Fsp3) is 0.375. The SMILES string of the molecule is C1=C[C@H]2[C@@H](C1)[C@H]1C=C(c3ccccc3)[C@@H]2C1. The van der Waals surface area contributed by atoms with Crippen molar-refractivity contribution in [3.8, 4) is 0 Å². The molecule has 1 fully saturated rings. The fourth-order valence-electron chi connectivity index (χ4n) is 4.03. The van der Waals surface area contributed by atoms with Gasteiger partial charge < -0.3 is 0 Å². The van der Waals surface area contributed by atoms with E-state index in [4.69, 9.17) is 0 Å². The molecule has 80 valence electrons. The number of hydrogen-bond acceptors (Lipinski definition) is 0. The molecule has 3 aliphatic carbocycles. The van der Waals surface area contributed by atoms with Crippen LogP contribution in [0.3, 0.4) is 0 Å². The van der Waals surface area contributed by atoms with Gasteiger partial charge in [-0.1, -0.05) is 48.6 Å². The molecule has 3 aliphatic rings. The Kier molecular flexibility index (Phi) is 1.71. The average molecular weight is 208 g/mol. The molecule has 0 N–H and O–H groups in total. The van der Waals surface area contributed by atoms with Crippen LogP contribution >= 0.6 is 0 Å². The molecular weight excluding hydrogens is 192 g/mol. The van der Waals surface area contributed by atoms with Crippen LogP contribution in [-0.2, 0) is 0 Å². The molecule has 1 aromatic carbocycles. The van der Waals surface area contributed by atoms with Crippen LogP contribution in [0.25, 0.3) is 5.57 Å². The Morgan fingerprint density at radius 3 is 2.81 bits per heavy atom. The molecule has 0 unspecified atom stereocenters. The van der Waals surface area contributed by atoms with E-state index < -0.39 is 0 Å². The molecule has 0 amide bonds. The normalized spacial score (nSPS) is 38.9. The first-order valence-electron chi connectivity index (χ1n) is 6.37. The Hall–Kier alpha value is -1.30. The first-order chi connectivity index (χ1) is 7.93. The van der Waals surface area contributed by atoms with Crippen LogP contribution < -0.4 is 0 Å². The molecule has 0 saturated heterocycles. The Balaban J connectivity index is 1.76. The summed E-state index contributed by atoms with van der Waals surface area (Å²) in [5.74, 6) is 3.47.